The number of fused-ring (bicyclic) bond motifs is 5. The van der Waals surface area contributed by atoms with Crippen LogP contribution in [-0.4, -0.2) is 77.9 Å². The maximum absolute atomic E-state index is 12.0. The van der Waals surface area contributed by atoms with Gasteiger partial charge in [-0.1, -0.05) is 79.8 Å². The van der Waals surface area contributed by atoms with Crippen molar-refractivity contribution in [2.45, 2.75) is 57.4 Å². The average Bonchev–Trinajstić information content (AvgIpc) is 3.46. The van der Waals surface area contributed by atoms with Gasteiger partial charge in [-0.05, 0) is 67.3 Å². The summed E-state index contributed by atoms with van der Waals surface area (Å²) in [6, 6.07) is 12.4. The third-order valence-corrected chi connectivity index (χ3v) is 13.2. The first kappa shape index (κ1) is 37.6. The van der Waals surface area contributed by atoms with E-state index < -0.39 is 25.7 Å². The molecule has 0 saturated carbocycles. The second kappa shape index (κ2) is 14.7. The summed E-state index contributed by atoms with van der Waals surface area (Å²) in [7, 11) is -5.47. The van der Waals surface area contributed by atoms with E-state index in [1.165, 1.54) is 5.57 Å². The van der Waals surface area contributed by atoms with Crippen LogP contribution < -0.4 is 0 Å². The van der Waals surface area contributed by atoms with Gasteiger partial charge in [0.05, 0.1) is 11.2 Å². The van der Waals surface area contributed by atoms with E-state index in [0.717, 1.165) is 46.0 Å². The van der Waals surface area contributed by atoms with Crippen LogP contribution in [0.15, 0.2) is 109 Å². The second-order valence-corrected chi connectivity index (χ2v) is 18.3. The molecule has 51 heavy (non-hydrogen) atoms. The van der Waals surface area contributed by atoms with Gasteiger partial charge in [0.1, 0.15) is 5.75 Å². The highest BCUT2D eigenvalue weighted by atomic mass is 32.2. The molecule has 0 aromatic heterocycles. The lowest BCUT2D eigenvalue weighted by Gasteiger charge is -2.40. The molecule has 8 nitrogen and oxygen atoms in total. The smallest absolute Gasteiger partial charge is 0.271 e. The number of nitrogens with zero attached hydrogens (tertiary/aromatic N) is 2. The summed E-state index contributed by atoms with van der Waals surface area (Å²) >= 11 is 0. The highest BCUT2D eigenvalue weighted by molar-refractivity contribution is 7.86. The molecule has 2 aromatic carbocycles. The van der Waals surface area contributed by atoms with Crippen molar-refractivity contribution in [3.8, 4) is 0 Å². The normalized spacial score (nSPS) is 27.2. The fourth-order valence-electron chi connectivity index (χ4n) is 9.25. The van der Waals surface area contributed by atoms with E-state index in [2.05, 4.69) is 112 Å². The summed E-state index contributed by atoms with van der Waals surface area (Å²) in [4.78, 5) is 2.21. The Morgan fingerprint density at radius 1 is 0.980 bits per heavy atom. The topological polar surface area (TPSA) is 115 Å². The molecule has 0 spiro atoms. The summed E-state index contributed by atoms with van der Waals surface area (Å²) in [5.41, 5.74) is 4.97. The third-order valence-electron chi connectivity index (χ3n) is 11.5. The summed E-state index contributed by atoms with van der Waals surface area (Å²) < 4.78 is 69.4. The monoisotopic (exact) mass is 749 g/mol. The van der Waals surface area contributed by atoms with Gasteiger partial charge in [0.2, 0.25) is 5.69 Å². The van der Waals surface area contributed by atoms with Gasteiger partial charge in [0.25, 0.3) is 20.2 Å². The van der Waals surface area contributed by atoms with Crippen molar-refractivity contribution in [3.63, 3.8) is 0 Å². The molecular formula is C40H50N2O6PS2+. The minimum Gasteiger partial charge on any atom is -0.366 e. The Labute approximate surface area is 305 Å². The van der Waals surface area contributed by atoms with Crippen LogP contribution >= 0.6 is 9.24 Å². The van der Waals surface area contributed by atoms with Crippen molar-refractivity contribution >= 4 is 51.6 Å². The number of benzene rings is 2. The summed E-state index contributed by atoms with van der Waals surface area (Å²) in [6.45, 7) is 8.95. The first-order chi connectivity index (χ1) is 24.2. The van der Waals surface area contributed by atoms with Crippen molar-refractivity contribution in [2.75, 3.05) is 30.8 Å². The Morgan fingerprint density at radius 2 is 1.73 bits per heavy atom. The molecule has 0 amide bonds. The first-order valence-electron chi connectivity index (χ1n) is 17.8. The average molecular weight is 750 g/mol. The minimum atomic E-state index is -4.19. The van der Waals surface area contributed by atoms with Gasteiger partial charge in [-0.3, -0.25) is 9.11 Å². The standard InChI is InChI=1S/C40H49N2O6PS2/c1-4-22-39(2)35(41(24-27-50(43,44)45)33-20-18-29-12-8-10-14-31(29)37(33)39)16-6-5-7-17-36-40(3,23-26-49)38-32-15-11-9-13-30(32)19-21-34(38)42(36)25-28-51(46,47)48/h4-5,7-15,18-21,30,32,36H,1,6,16-17,22-28,49H2,2-3H3,(H-,43,44,45,46,47,48)/p+1/b7-5+. The van der Waals surface area contributed by atoms with E-state index in [9.17, 15) is 25.9 Å². The van der Waals surface area contributed by atoms with E-state index in [0.29, 0.717) is 25.7 Å². The predicted octanol–water partition coefficient (Wildman–Crippen LogP) is 7.41. The lowest BCUT2D eigenvalue weighted by atomic mass is 9.65. The molecular weight excluding hydrogens is 700 g/mol. The fourth-order valence-corrected chi connectivity index (χ4v) is 10.7. The number of hydrogen-bond donors (Lipinski definition) is 2. The minimum absolute atomic E-state index is 0.00389. The zero-order chi connectivity index (χ0) is 36.6. The molecule has 4 aliphatic rings. The largest absolute Gasteiger partial charge is 0.366 e. The molecule has 6 atom stereocenters. The zero-order valence-corrected chi connectivity index (χ0v) is 32.3. The van der Waals surface area contributed by atoms with Gasteiger partial charge in [0.15, 0.2) is 12.3 Å². The Hall–Kier alpha value is -3.14. The molecule has 0 fully saturated rings. The van der Waals surface area contributed by atoms with Gasteiger partial charge in [-0.2, -0.15) is 21.4 Å². The Morgan fingerprint density at radius 3 is 2.45 bits per heavy atom. The number of hydrogen-bond acceptors (Lipinski definition) is 5. The molecule has 0 radical (unpaired) electrons. The van der Waals surface area contributed by atoms with Crippen LogP contribution in [0.3, 0.4) is 0 Å². The summed E-state index contributed by atoms with van der Waals surface area (Å²) in [5.74, 6) is -0.259. The van der Waals surface area contributed by atoms with Crippen molar-refractivity contribution < 1.29 is 30.5 Å². The fraction of sp³-hybridized carbons (Fsp3) is 0.425. The van der Waals surface area contributed by atoms with Crippen molar-refractivity contribution in [1.29, 1.82) is 0 Å². The molecule has 2 aliphatic carbocycles. The SMILES string of the molecule is C=CCC1(C)C(CC/C=C/CC2N(CCS(=O)(=O)O)C3=C(C4C=CC=CC4C=C3)C2(C)CCP)=[N+](CCS(=O)(=O)O)c2ccc3ccccc3c21. The molecule has 0 bridgehead atoms. The lowest BCUT2D eigenvalue weighted by Crippen LogP contribution is -2.42. The number of rotatable bonds is 15. The quantitative estimate of drug-likeness (QED) is 0.0844. The Kier molecular flexibility index (Phi) is 10.8. The van der Waals surface area contributed by atoms with Crippen LogP contribution in [0.25, 0.3) is 10.8 Å². The van der Waals surface area contributed by atoms with Gasteiger partial charge >= 0.3 is 0 Å². The van der Waals surface area contributed by atoms with E-state index in [4.69, 9.17) is 0 Å². The van der Waals surface area contributed by atoms with Crippen LogP contribution in [-0.2, 0) is 25.7 Å². The molecule has 6 unspecified atom stereocenters. The Bertz CT molecular complexity index is 2120. The highest BCUT2D eigenvalue weighted by Crippen LogP contribution is 2.55. The van der Waals surface area contributed by atoms with E-state index in [1.807, 2.05) is 18.2 Å². The molecule has 2 N–H and O–H groups in total. The van der Waals surface area contributed by atoms with Gasteiger partial charge < -0.3 is 4.90 Å². The van der Waals surface area contributed by atoms with Crippen LogP contribution in [0.2, 0.25) is 0 Å². The Balaban J connectivity index is 1.30. The molecule has 0 saturated heterocycles. The van der Waals surface area contributed by atoms with E-state index >= 15 is 0 Å². The summed E-state index contributed by atoms with van der Waals surface area (Å²) in [5, 5.41) is 2.24. The molecule has 6 rings (SSSR count). The zero-order valence-electron chi connectivity index (χ0n) is 29.5. The van der Waals surface area contributed by atoms with Crippen LogP contribution in [0, 0.1) is 17.3 Å². The molecule has 2 aromatic rings. The first-order valence-corrected chi connectivity index (χ1v) is 21.8. The van der Waals surface area contributed by atoms with Crippen LogP contribution in [0.5, 0.6) is 0 Å². The molecule has 2 aliphatic heterocycles. The molecule has 272 valence electrons. The third kappa shape index (κ3) is 7.40. The van der Waals surface area contributed by atoms with Crippen molar-refractivity contribution in [1.82, 2.24) is 4.90 Å². The molecule has 2 heterocycles. The number of allylic oxidation sites excluding steroid dienone is 8. The van der Waals surface area contributed by atoms with Crippen LogP contribution in [0.4, 0.5) is 5.69 Å². The van der Waals surface area contributed by atoms with Gasteiger partial charge in [0, 0.05) is 53.6 Å². The van der Waals surface area contributed by atoms with Gasteiger partial charge in [-0.25, -0.2) is 0 Å². The van der Waals surface area contributed by atoms with E-state index in [-0.39, 0.29) is 47.9 Å². The lowest BCUT2D eigenvalue weighted by molar-refractivity contribution is -0.434. The predicted molar refractivity (Wildman–Crippen MR) is 211 cm³/mol. The summed E-state index contributed by atoms with van der Waals surface area (Å²) in [6.07, 6.45) is 23.9. The van der Waals surface area contributed by atoms with E-state index in [1.54, 1.807) is 0 Å². The second-order valence-electron chi connectivity index (χ2n) is 14.6. The maximum Gasteiger partial charge on any atom is 0.271 e. The maximum atomic E-state index is 12.0. The van der Waals surface area contributed by atoms with Crippen molar-refractivity contribution in [2.24, 2.45) is 17.3 Å². The van der Waals surface area contributed by atoms with Crippen molar-refractivity contribution in [3.05, 3.63) is 114 Å². The van der Waals surface area contributed by atoms with Gasteiger partial charge in [-0.15, -0.1) is 15.8 Å². The van der Waals surface area contributed by atoms with Crippen LogP contribution in [0.1, 0.15) is 51.5 Å². The molecule has 11 heteroatoms. The highest BCUT2D eigenvalue weighted by Gasteiger charge is 2.52.